The van der Waals surface area contributed by atoms with Crippen LogP contribution in [0, 0.1) is 13.8 Å². The quantitative estimate of drug-likeness (QED) is 0.912. The summed E-state index contributed by atoms with van der Waals surface area (Å²) in [5.74, 6) is 0.723. The molecule has 1 aliphatic rings. The molecule has 5 heteroatoms. The highest BCUT2D eigenvalue weighted by Crippen LogP contribution is 2.30. The van der Waals surface area contributed by atoms with Crippen LogP contribution in [-0.2, 0) is 0 Å². The zero-order chi connectivity index (χ0) is 13.1. The number of halogens is 1. The second-order valence-electron chi connectivity index (χ2n) is 4.86. The first-order chi connectivity index (χ1) is 8.63. The van der Waals surface area contributed by atoms with E-state index in [1.807, 2.05) is 13.8 Å². The Labute approximate surface area is 113 Å². The fourth-order valence-electron chi connectivity index (χ4n) is 2.53. The van der Waals surface area contributed by atoms with Gasteiger partial charge >= 0.3 is 0 Å². The van der Waals surface area contributed by atoms with Crippen LogP contribution in [0.4, 0.5) is 5.82 Å². The van der Waals surface area contributed by atoms with Crippen LogP contribution in [0.3, 0.4) is 0 Å². The van der Waals surface area contributed by atoms with E-state index in [0.29, 0.717) is 17.7 Å². The van der Waals surface area contributed by atoms with Crippen molar-refractivity contribution in [1.82, 2.24) is 9.97 Å². The third-order valence-electron chi connectivity index (χ3n) is 3.63. The average Bonchev–Trinajstić information content (AvgIpc) is 2.85. The summed E-state index contributed by atoms with van der Waals surface area (Å²) in [6, 6.07) is 0.436. The molecule has 18 heavy (non-hydrogen) atoms. The van der Waals surface area contributed by atoms with Crippen molar-refractivity contribution in [3.63, 3.8) is 0 Å². The second kappa shape index (κ2) is 5.85. The third kappa shape index (κ3) is 2.75. The van der Waals surface area contributed by atoms with Crippen molar-refractivity contribution in [2.45, 2.75) is 45.6 Å². The highest BCUT2D eigenvalue weighted by molar-refractivity contribution is 6.31. The minimum Gasteiger partial charge on any atom is -0.395 e. The fraction of sp³-hybridized carbons (Fsp3) is 0.692. The molecule has 1 fully saturated rings. The average molecular weight is 270 g/mol. The lowest BCUT2D eigenvalue weighted by molar-refractivity contribution is 0.296. The highest BCUT2D eigenvalue weighted by Gasteiger charge is 2.25. The number of aryl methyl sites for hydroxylation is 2. The molecule has 1 heterocycles. The summed E-state index contributed by atoms with van der Waals surface area (Å²) >= 11 is 6.21. The highest BCUT2D eigenvalue weighted by atomic mass is 35.5. The number of aliphatic hydroxyl groups is 1. The Morgan fingerprint density at radius 1 is 1.22 bits per heavy atom. The van der Waals surface area contributed by atoms with Crippen molar-refractivity contribution < 1.29 is 5.11 Å². The van der Waals surface area contributed by atoms with Crippen LogP contribution in [-0.4, -0.2) is 34.3 Å². The van der Waals surface area contributed by atoms with Gasteiger partial charge in [-0.15, -0.1) is 0 Å². The van der Waals surface area contributed by atoms with Crippen LogP contribution >= 0.6 is 11.6 Å². The Hall–Kier alpha value is -0.870. The standard InChI is InChI=1S/C13H20ClN3O/c1-9-10(2)16-13(12(14)15-9)17(7-8-18)11-5-3-4-6-11/h11,18H,3-8H2,1-2H3. The first kappa shape index (κ1) is 13.6. The summed E-state index contributed by atoms with van der Waals surface area (Å²) in [7, 11) is 0. The van der Waals surface area contributed by atoms with Gasteiger partial charge in [-0.1, -0.05) is 24.4 Å². The molecule has 0 amide bonds. The van der Waals surface area contributed by atoms with Gasteiger partial charge in [0.2, 0.25) is 0 Å². The molecular weight excluding hydrogens is 250 g/mol. The first-order valence-electron chi connectivity index (χ1n) is 6.51. The monoisotopic (exact) mass is 269 g/mol. The normalized spacial score (nSPS) is 16.2. The molecule has 0 aromatic carbocycles. The molecular formula is C13H20ClN3O. The molecule has 1 aromatic heterocycles. The molecule has 0 saturated heterocycles. The molecule has 1 saturated carbocycles. The van der Waals surface area contributed by atoms with Crippen molar-refractivity contribution in [3.8, 4) is 0 Å². The van der Waals surface area contributed by atoms with Crippen molar-refractivity contribution in [2.24, 2.45) is 0 Å². The Bertz CT molecular complexity index is 419. The molecule has 100 valence electrons. The number of hydrogen-bond acceptors (Lipinski definition) is 4. The first-order valence-corrected chi connectivity index (χ1v) is 6.89. The lowest BCUT2D eigenvalue weighted by Gasteiger charge is -2.30. The van der Waals surface area contributed by atoms with E-state index in [4.69, 9.17) is 11.6 Å². The Balaban J connectivity index is 2.32. The van der Waals surface area contributed by atoms with E-state index in [-0.39, 0.29) is 6.61 Å². The molecule has 0 radical (unpaired) electrons. The predicted molar refractivity (Wildman–Crippen MR) is 73.2 cm³/mol. The summed E-state index contributed by atoms with van der Waals surface area (Å²) in [6.45, 7) is 4.53. The molecule has 4 nitrogen and oxygen atoms in total. The Kier molecular flexibility index (Phi) is 4.40. The van der Waals surface area contributed by atoms with Crippen LogP contribution in [0.1, 0.15) is 37.1 Å². The van der Waals surface area contributed by atoms with Gasteiger partial charge in [0.05, 0.1) is 18.0 Å². The maximum absolute atomic E-state index is 9.24. The van der Waals surface area contributed by atoms with Crippen molar-refractivity contribution >= 4 is 17.4 Å². The van der Waals surface area contributed by atoms with Gasteiger partial charge in [0.1, 0.15) is 0 Å². The van der Waals surface area contributed by atoms with Crippen molar-refractivity contribution in [1.29, 1.82) is 0 Å². The molecule has 1 N–H and O–H groups in total. The topological polar surface area (TPSA) is 49.2 Å². The number of hydrogen-bond donors (Lipinski definition) is 1. The predicted octanol–water partition coefficient (Wildman–Crippen LogP) is 2.49. The van der Waals surface area contributed by atoms with Crippen LogP contribution in [0.2, 0.25) is 5.15 Å². The van der Waals surface area contributed by atoms with E-state index in [2.05, 4.69) is 14.9 Å². The maximum atomic E-state index is 9.24. The molecule has 0 aliphatic heterocycles. The minimum atomic E-state index is 0.113. The van der Waals surface area contributed by atoms with E-state index in [1.54, 1.807) is 0 Å². The molecule has 1 aromatic rings. The fourth-order valence-corrected chi connectivity index (χ4v) is 2.81. The van der Waals surface area contributed by atoms with Crippen molar-refractivity contribution in [2.75, 3.05) is 18.1 Å². The summed E-state index contributed by atoms with van der Waals surface area (Å²) in [5, 5.41) is 9.68. The van der Waals surface area contributed by atoms with Gasteiger partial charge in [-0.05, 0) is 26.7 Å². The van der Waals surface area contributed by atoms with Gasteiger partial charge < -0.3 is 10.0 Å². The minimum absolute atomic E-state index is 0.113. The molecule has 0 bridgehead atoms. The van der Waals surface area contributed by atoms with E-state index in [1.165, 1.54) is 12.8 Å². The SMILES string of the molecule is Cc1nc(Cl)c(N(CCO)C2CCCC2)nc1C. The van der Waals surface area contributed by atoms with Gasteiger partial charge in [0.25, 0.3) is 0 Å². The summed E-state index contributed by atoms with van der Waals surface area (Å²) in [5.41, 5.74) is 1.76. The summed E-state index contributed by atoms with van der Waals surface area (Å²) < 4.78 is 0. The molecule has 2 rings (SSSR count). The van der Waals surface area contributed by atoms with Crippen LogP contribution in [0.25, 0.3) is 0 Å². The van der Waals surface area contributed by atoms with Crippen molar-refractivity contribution in [3.05, 3.63) is 16.5 Å². The number of aliphatic hydroxyl groups excluding tert-OH is 1. The zero-order valence-corrected chi connectivity index (χ0v) is 11.7. The zero-order valence-electron chi connectivity index (χ0n) is 11.0. The third-order valence-corrected chi connectivity index (χ3v) is 3.88. The Morgan fingerprint density at radius 3 is 2.44 bits per heavy atom. The summed E-state index contributed by atoms with van der Waals surface area (Å²) in [4.78, 5) is 11.0. The lowest BCUT2D eigenvalue weighted by Crippen LogP contribution is -2.36. The van der Waals surface area contributed by atoms with Crippen LogP contribution in [0.5, 0.6) is 0 Å². The van der Waals surface area contributed by atoms with Gasteiger partial charge in [-0.2, -0.15) is 0 Å². The molecule has 0 atom stereocenters. The Morgan fingerprint density at radius 2 is 1.83 bits per heavy atom. The molecule has 0 unspecified atom stereocenters. The van der Waals surface area contributed by atoms with E-state index in [0.717, 1.165) is 30.0 Å². The largest absolute Gasteiger partial charge is 0.395 e. The number of nitrogens with zero attached hydrogens (tertiary/aromatic N) is 3. The van der Waals surface area contributed by atoms with Gasteiger partial charge in [-0.25, -0.2) is 9.97 Å². The smallest absolute Gasteiger partial charge is 0.171 e. The van der Waals surface area contributed by atoms with Crippen LogP contribution < -0.4 is 4.90 Å². The van der Waals surface area contributed by atoms with Crippen LogP contribution in [0.15, 0.2) is 0 Å². The molecule has 0 spiro atoms. The van der Waals surface area contributed by atoms with E-state index < -0.39 is 0 Å². The second-order valence-corrected chi connectivity index (χ2v) is 5.22. The van der Waals surface area contributed by atoms with Gasteiger partial charge in [-0.3, -0.25) is 0 Å². The summed E-state index contributed by atoms with van der Waals surface area (Å²) in [6.07, 6.45) is 4.76. The number of aromatic nitrogens is 2. The van der Waals surface area contributed by atoms with Gasteiger partial charge in [0, 0.05) is 12.6 Å². The number of rotatable bonds is 4. The van der Waals surface area contributed by atoms with Gasteiger partial charge in [0.15, 0.2) is 11.0 Å². The lowest BCUT2D eigenvalue weighted by atomic mass is 10.2. The molecule has 1 aliphatic carbocycles. The number of anilines is 1. The van der Waals surface area contributed by atoms with E-state index in [9.17, 15) is 5.11 Å². The van der Waals surface area contributed by atoms with E-state index >= 15 is 0 Å². The maximum Gasteiger partial charge on any atom is 0.171 e.